The van der Waals surface area contributed by atoms with Gasteiger partial charge in [0.05, 0.1) is 6.33 Å². The maximum atomic E-state index is 11.9. The van der Waals surface area contributed by atoms with Crippen LogP contribution in [0.5, 0.6) is 0 Å². The summed E-state index contributed by atoms with van der Waals surface area (Å²) in [6, 6.07) is 1.89. The minimum atomic E-state index is -3.53. The van der Waals surface area contributed by atoms with Crippen molar-refractivity contribution in [3.05, 3.63) is 33.3 Å². The van der Waals surface area contributed by atoms with Gasteiger partial charge in [0.1, 0.15) is 0 Å². The Morgan fingerprint density at radius 2 is 2.33 bits per heavy atom. The largest absolute Gasteiger partial charge is 0.336 e. The lowest BCUT2D eigenvalue weighted by Crippen LogP contribution is -2.23. The van der Waals surface area contributed by atoms with E-state index in [4.69, 9.17) is 0 Å². The number of nitrogens with zero attached hydrogens (tertiary/aromatic N) is 2. The number of thiophene rings is 1. The highest BCUT2D eigenvalue weighted by molar-refractivity contribution is 9.10. The van der Waals surface area contributed by atoms with Crippen LogP contribution in [0.3, 0.4) is 0 Å². The molecule has 0 amide bonds. The van der Waals surface area contributed by atoms with Crippen molar-refractivity contribution in [3.8, 4) is 0 Å². The molecule has 2 aromatic rings. The van der Waals surface area contributed by atoms with E-state index in [-0.39, 0.29) is 11.6 Å². The van der Waals surface area contributed by atoms with Crippen molar-refractivity contribution in [2.75, 3.05) is 0 Å². The fourth-order valence-corrected chi connectivity index (χ4v) is 3.77. The van der Waals surface area contributed by atoms with E-state index in [1.165, 1.54) is 23.9 Å². The molecule has 0 saturated carbocycles. The minimum absolute atomic E-state index is 0.0555. The molecule has 2 rings (SSSR count). The van der Waals surface area contributed by atoms with Crippen LogP contribution in [-0.2, 0) is 23.1 Å². The van der Waals surface area contributed by atoms with Gasteiger partial charge in [-0.25, -0.2) is 18.1 Å². The summed E-state index contributed by atoms with van der Waals surface area (Å²) in [5, 5.41) is 1.97. The molecule has 5 nitrogen and oxygen atoms in total. The molecule has 0 aliphatic heterocycles. The van der Waals surface area contributed by atoms with Crippen molar-refractivity contribution in [3.63, 3.8) is 0 Å². The van der Waals surface area contributed by atoms with Crippen LogP contribution in [0.1, 0.15) is 11.8 Å². The maximum Gasteiger partial charge on any atom is 0.259 e. The van der Waals surface area contributed by atoms with Gasteiger partial charge in [0, 0.05) is 34.0 Å². The molecule has 0 bridgehead atoms. The van der Waals surface area contributed by atoms with E-state index in [1.54, 1.807) is 4.57 Å². The number of hydrogen-bond donors (Lipinski definition) is 1. The quantitative estimate of drug-likeness (QED) is 0.899. The summed E-state index contributed by atoms with van der Waals surface area (Å²) in [5.41, 5.74) is 0. The Hall–Kier alpha value is -0.700. The summed E-state index contributed by atoms with van der Waals surface area (Å²) in [6.07, 6.45) is 3.03. The number of halogens is 1. The summed E-state index contributed by atoms with van der Waals surface area (Å²) in [5.74, 6) is 0. The van der Waals surface area contributed by atoms with E-state index in [9.17, 15) is 8.42 Å². The SMILES string of the molecule is CCn1cnc(S(=O)(=O)NCc2cc(Br)cs2)c1. The lowest BCUT2D eigenvalue weighted by molar-refractivity contribution is 0.578. The van der Waals surface area contributed by atoms with Crippen LogP contribution in [-0.4, -0.2) is 18.0 Å². The lowest BCUT2D eigenvalue weighted by atomic mass is 10.5. The average Bonchev–Trinajstić information content (AvgIpc) is 2.95. The van der Waals surface area contributed by atoms with Crippen molar-refractivity contribution >= 4 is 37.3 Å². The highest BCUT2D eigenvalue weighted by Gasteiger charge is 2.17. The third-order valence-electron chi connectivity index (χ3n) is 2.31. The molecule has 98 valence electrons. The first-order valence-corrected chi connectivity index (χ1v) is 8.41. The number of sulfonamides is 1. The van der Waals surface area contributed by atoms with Gasteiger partial charge < -0.3 is 4.57 Å². The van der Waals surface area contributed by atoms with Gasteiger partial charge in [0.2, 0.25) is 0 Å². The van der Waals surface area contributed by atoms with E-state index in [0.717, 1.165) is 9.35 Å². The Balaban J connectivity index is 2.07. The average molecular weight is 350 g/mol. The molecule has 0 aromatic carbocycles. The summed E-state index contributed by atoms with van der Waals surface area (Å²) in [6.45, 7) is 2.90. The predicted octanol–water partition coefficient (Wildman–Crippen LogP) is 2.21. The molecule has 0 aliphatic rings. The molecule has 18 heavy (non-hydrogen) atoms. The van der Waals surface area contributed by atoms with Crippen LogP contribution in [0, 0.1) is 0 Å². The normalized spacial score (nSPS) is 11.9. The molecule has 8 heteroatoms. The smallest absolute Gasteiger partial charge is 0.259 e. The van der Waals surface area contributed by atoms with Gasteiger partial charge in [0.15, 0.2) is 5.03 Å². The lowest BCUT2D eigenvalue weighted by Gasteiger charge is -2.01. The molecular weight excluding hydrogens is 338 g/mol. The number of rotatable bonds is 5. The fraction of sp³-hybridized carbons (Fsp3) is 0.300. The standard InChI is InChI=1S/C10H12BrN3O2S2/c1-2-14-5-10(12-7-14)18(15,16)13-4-9-3-8(11)6-17-9/h3,5-7,13H,2,4H2,1H3. The van der Waals surface area contributed by atoms with Gasteiger partial charge in [-0.1, -0.05) is 0 Å². The molecule has 1 N–H and O–H groups in total. The Kier molecular flexibility index (Phi) is 4.21. The third kappa shape index (κ3) is 3.19. The van der Waals surface area contributed by atoms with Gasteiger partial charge >= 0.3 is 0 Å². The van der Waals surface area contributed by atoms with E-state index in [1.807, 2.05) is 18.4 Å². The first-order valence-electron chi connectivity index (χ1n) is 5.25. The van der Waals surface area contributed by atoms with Crippen LogP contribution < -0.4 is 4.72 Å². The second kappa shape index (κ2) is 5.52. The molecule has 0 radical (unpaired) electrons. The fourth-order valence-electron chi connectivity index (χ4n) is 1.34. The monoisotopic (exact) mass is 349 g/mol. The van der Waals surface area contributed by atoms with Crippen molar-refractivity contribution in [2.45, 2.75) is 25.0 Å². The Labute approximate surface area is 118 Å². The molecule has 2 heterocycles. The second-order valence-corrected chi connectivity index (χ2v) is 7.22. The Bertz CT molecular complexity index is 633. The van der Waals surface area contributed by atoms with Gasteiger partial charge in [-0.05, 0) is 28.9 Å². The molecule has 0 fully saturated rings. The Morgan fingerprint density at radius 3 is 2.89 bits per heavy atom. The first kappa shape index (κ1) is 13.7. The van der Waals surface area contributed by atoms with Crippen LogP contribution in [0.2, 0.25) is 0 Å². The summed E-state index contributed by atoms with van der Waals surface area (Å²) in [7, 11) is -3.53. The summed E-state index contributed by atoms with van der Waals surface area (Å²) in [4.78, 5) is 4.83. The van der Waals surface area contributed by atoms with Gasteiger partial charge in [-0.15, -0.1) is 11.3 Å². The van der Waals surface area contributed by atoms with Crippen molar-refractivity contribution < 1.29 is 8.42 Å². The summed E-state index contributed by atoms with van der Waals surface area (Å²) >= 11 is 4.82. The zero-order valence-electron chi connectivity index (χ0n) is 9.63. The van der Waals surface area contributed by atoms with Gasteiger partial charge in [0.25, 0.3) is 10.0 Å². The van der Waals surface area contributed by atoms with Crippen LogP contribution >= 0.6 is 27.3 Å². The number of aryl methyl sites for hydroxylation is 1. The first-order chi connectivity index (χ1) is 8.51. The van der Waals surface area contributed by atoms with Crippen molar-refractivity contribution in [2.24, 2.45) is 0 Å². The number of hydrogen-bond acceptors (Lipinski definition) is 4. The third-order valence-corrected chi connectivity index (χ3v) is 5.29. The second-order valence-electron chi connectivity index (χ2n) is 3.60. The highest BCUT2D eigenvalue weighted by Crippen LogP contribution is 2.20. The van der Waals surface area contributed by atoms with Gasteiger partial charge in [-0.2, -0.15) is 0 Å². The molecule has 0 atom stereocenters. The highest BCUT2D eigenvalue weighted by atomic mass is 79.9. The molecule has 0 saturated heterocycles. The summed E-state index contributed by atoms with van der Waals surface area (Å²) < 4.78 is 29.1. The number of imidazole rings is 1. The zero-order chi connectivity index (χ0) is 13.2. The minimum Gasteiger partial charge on any atom is -0.336 e. The molecular formula is C10H12BrN3O2S2. The number of aromatic nitrogens is 2. The van der Waals surface area contributed by atoms with Crippen molar-refractivity contribution in [1.29, 1.82) is 0 Å². The van der Waals surface area contributed by atoms with E-state index < -0.39 is 10.0 Å². The topological polar surface area (TPSA) is 64.0 Å². The van der Waals surface area contributed by atoms with E-state index in [0.29, 0.717) is 6.54 Å². The molecule has 0 aliphatic carbocycles. The van der Waals surface area contributed by atoms with Crippen LogP contribution in [0.15, 0.2) is 33.5 Å². The van der Waals surface area contributed by atoms with Crippen LogP contribution in [0.25, 0.3) is 0 Å². The van der Waals surface area contributed by atoms with Crippen molar-refractivity contribution in [1.82, 2.24) is 14.3 Å². The molecule has 2 aromatic heterocycles. The Morgan fingerprint density at radius 1 is 1.56 bits per heavy atom. The number of nitrogens with one attached hydrogen (secondary N) is 1. The maximum absolute atomic E-state index is 11.9. The van der Waals surface area contributed by atoms with E-state index >= 15 is 0 Å². The zero-order valence-corrected chi connectivity index (χ0v) is 12.8. The molecule has 0 unspecified atom stereocenters. The van der Waals surface area contributed by atoms with Crippen LogP contribution in [0.4, 0.5) is 0 Å². The van der Waals surface area contributed by atoms with Gasteiger partial charge in [-0.3, -0.25) is 0 Å². The van der Waals surface area contributed by atoms with E-state index in [2.05, 4.69) is 25.6 Å². The molecule has 0 spiro atoms. The predicted molar refractivity (Wildman–Crippen MR) is 73.9 cm³/mol.